The predicted molar refractivity (Wildman–Crippen MR) is 115 cm³/mol. The Morgan fingerprint density at radius 2 is 1.77 bits per heavy atom. The van der Waals surface area contributed by atoms with Crippen molar-refractivity contribution in [1.82, 2.24) is 10.3 Å². The highest BCUT2D eigenvalue weighted by Crippen LogP contribution is 2.22. The number of nitrogens with one attached hydrogen (secondary N) is 1. The molecule has 158 valence electrons. The van der Waals surface area contributed by atoms with Crippen LogP contribution in [0.5, 0.6) is 11.5 Å². The van der Waals surface area contributed by atoms with Crippen LogP contribution in [0, 0.1) is 0 Å². The van der Waals surface area contributed by atoms with Gasteiger partial charge >= 0.3 is 5.97 Å². The molecule has 8 heteroatoms. The Labute approximate surface area is 179 Å². The summed E-state index contributed by atoms with van der Waals surface area (Å²) in [5.74, 6) is 0.686. The molecule has 0 saturated carbocycles. The van der Waals surface area contributed by atoms with E-state index in [9.17, 15) is 9.59 Å². The van der Waals surface area contributed by atoms with Crippen molar-refractivity contribution in [3.8, 4) is 11.5 Å². The monoisotopic (exact) mass is 428 g/mol. The number of carbonyl (C=O) groups is 2. The molecule has 7 nitrogen and oxygen atoms in total. The molecule has 3 rings (SSSR count). The van der Waals surface area contributed by atoms with Gasteiger partial charge in [-0.05, 0) is 43.3 Å². The Kier molecular flexibility index (Phi) is 8.02. The molecular weight excluding hydrogens is 404 g/mol. The second kappa shape index (κ2) is 11.2. The van der Waals surface area contributed by atoms with E-state index in [-0.39, 0.29) is 18.9 Å². The number of nitrogens with zero attached hydrogens (tertiary/aromatic N) is 1. The maximum absolute atomic E-state index is 11.9. The Bertz CT molecular complexity index is 938. The number of para-hydroxylation sites is 1. The molecule has 0 aliphatic carbocycles. The fourth-order valence-electron chi connectivity index (χ4n) is 2.66. The van der Waals surface area contributed by atoms with E-state index < -0.39 is 5.97 Å². The van der Waals surface area contributed by atoms with Crippen molar-refractivity contribution < 1.29 is 23.8 Å². The van der Waals surface area contributed by atoms with Gasteiger partial charge in [0.05, 0.1) is 34.8 Å². The molecule has 0 fully saturated rings. The number of carbonyl (C=O) groups excluding carboxylic acids is 2. The summed E-state index contributed by atoms with van der Waals surface area (Å²) in [6.07, 6.45) is 0.684. The van der Waals surface area contributed by atoms with Gasteiger partial charge in [-0.25, -0.2) is 4.98 Å². The van der Waals surface area contributed by atoms with Crippen molar-refractivity contribution in [3.05, 3.63) is 53.5 Å². The number of ether oxygens (including phenoxy) is 3. The van der Waals surface area contributed by atoms with Crippen LogP contribution in [0.4, 0.5) is 0 Å². The van der Waals surface area contributed by atoms with Crippen LogP contribution in [-0.2, 0) is 20.7 Å². The quantitative estimate of drug-likeness (QED) is 0.372. The number of fused-ring (bicyclic) bond motifs is 1. The highest BCUT2D eigenvalue weighted by Gasteiger charge is 2.10. The van der Waals surface area contributed by atoms with Gasteiger partial charge in [-0.2, -0.15) is 0 Å². The average molecular weight is 429 g/mol. The first-order valence-electron chi connectivity index (χ1n) is 9.76. The lowest BCUT2D eigenvalue weighted by atomic mass is 10.3. The van der Waals surface area contributed by atoms with Gasteiger partial charge in [-0.15, -0.1) is 11.3 Å². The Morgan fingerprint density at radius 1 is 1.03 bits per heavy atom. The maximum atomic E-state index is 11.9. The SMILES string of the molecule is CCOc1ccc(OCCNC(=O)COC(=O)CCc2nc3ccccc3s2)cc1. The van der Waals surface area contributed by atoms with Crippen molar-refractivity contribution in [3.63, 3.8) is 0 Å². The third-order valence-corrected chi connectivity index (χ3v) is 5.17. The van der Waals surface area contributed by atoms with Crippen LogP contribution in [0.3, 0.4) is 0 Å². The second-order valence-electron chi connectivity index (χ2n) is 6.34. The van der Waals surface area contributed by atoms with Gasteiger partial charge in [0, 0.05) is 6.42 Å². The third kappa shape index (κ3) is 6.73. The van der Waals surface area contributed by atoms with Crippen LogP contribution in [0.1, 0.15) is 18.4 Å². The van der Waals surface area contributed by atoms with E-state index in [1.54, 1.807) is 23.5 Å². The summed E-state index contributed by atoms with van der Waals surface area (Å²) in [7, 11) is 0. The molecule has 0 atom stereocenters. The summed E-state index contributed by atoms with van der Waals surface area (Å²) in [4.78, 5) is 28.1. The number of hydrogen-bond donors (Lipinski definition) is 1. The standard InChI is InChI=1S/C22H24N2O5S/c1-2-27-16-7-9-17(10-8-16)28-14-13-23-20(25)15-29-22(26)12-11-21-24-18-5-3-4-6-19(18)30-21/h3-10H,2,11-15H2,1H3,(H,23,25). The molecule has 0 radical (unpaired) electrons. The zero-order chi connectivity index (χ0) is 21.2. The number of amides is 1. The number of thiazole rings is 1. The minimum Gasteiger partial charge on any atom is -0.494 e. The molecule has 0 aliphatic rings. The van der Waals surface area contributed by atoms with Gasteiger partial charge in [-0.1, -0.05) is 12.1 Å². The van der Waals surface area contributed by atoms with Crippen molar-refractivity contribution >= 4 is 33.4 Å². The maximum Gasteiger partial charge on any atom is 0.306 e. The molecule has 0 aliphatic heterocycles. The molecule has 0 spiro atoms. The first-order valence-corrected chi connectivity index (χ1v) is 10.6. The van der Waals surface area contributed by atoms with E-state index in [1.807, 2.05) is 43.3 Å². The molecule has 0 saturated heterocycles. The Balaban J connectivity index is 1.28. The zero-order valence-corrected chi connectivity index (χ0v) is 17.6. The molecule has 1 aromatic heterocycles. The number of esters is 1. The van der Waals surface area contributed by atoms with Crippen LogP contribution in [0.25, 0.3) is 10.2 Å². The summed E-state index contributed by atoms with van der Waals surface area (Å²) in [5.41, 5.74) is 0.928. The summed E-state index contributed by atoms with van der Waals surface area (Å²) in [6, 6.07) is 15.1. The molecule has 1 amide bonds. The average Bonchev–Trinajstić information content (AvgIpc) is 3.18. The summed E-state index contributed by atoms with van der Waals surface area (Å²) in [5, 5.41) is 3.53. The number of aryl methyl sites for hydroxylation is 1. The van der Waals surface area contributed by atoms with Crippen LogP contribution < -0.4 is 14.8 Å². The lowest BCUT2D eigenvalue weighted by Crippen LogP contribution is -2.32. The minimum atomic E-state index is -0.421. The van der Waals surface area contributed by atoms with E-state index in [0.29, 0.717) is 31.9 Å². The molecule has 1 N–H and O–H groups in total. The minimum absolute atomic E-state index is 0.188. The Morgan fingerprint density at radius 3 is 2.50 bits per heavy atom. The first kappa shape index (κ1) is 21.6. The van der Waals surface area contributed by atoms with Gasteiger partial charge in [0.25, 0.3) is 5.91 Å². The topological polar surface area (TPSA) is 86.8 Å². The normalized spacial score (nSPS) is 10.6. The fraction of sp³-hybridized carbons (Fsp3) is 0.318. The van der Waals surface area contributed by atoms with E-state index in [0.717, 1.165) is 21.0 Å². The van der Waals surface area contributed by atoms with Crippen LogP contribution in [0.15, 0.2) is 48.5 Å². The zero-order valence-electron chi connectivity index (χ0n) is 16.8. The molecule has 1 heterocycles. The predicted octanol–water partition coefficient (Wildman–Crippen LogP) is 3.37. The number of rotatable bonds is 11. The van der Waals surface area contributed by atoms with Crippen LogP contribution in [-0.4, -0.2) is 43.2 Å². The molecule has 0 unspecified atom stereocenters. The van der Waals surface area contributed by atoms with Gasteiger partial charge < -0.3 is 19.5 Å². The number of aromatic nitrogens is 1. The van der Waals surface area contributed by atoms with Crippen molar-refractivity contribution in [1.29, 1.82) is 0 Å². The van der Waals surface area contributed by atoms with Crippen molar-refractivity contribution in [2.24, 2.45) is 0 Å². The van der Waals surface area contributed by atoms with Gasteiger partial charge in [0.2, 0.25) is 0 Å². The first-order chi connectivity index (χ1) is 14.6. The summed E-state index contributed by atoms with van der Waals surface area (Å²) >= 11 is 1.56. The number of benzene rings is 2. The molecule has 3 aromatic rings. The van der Waals surface area contributed by atoms with E-state index in [1.165, 1.54) is 0 Å². The van der Waals surface area contributed by atoms with Gasteiger partial charge in [-0.3, -0.25) is 9.59 Å². The smallest absolute Gasteiger partial charge is 0.306 e. The van der Waals surface area contributed by atoms with Crippen LogP contribution >= 0.6 is 11.3 Å². The van der Waals surface area contributed by atoms with Gasteiger partial charge in [0.1, 0.15) is 18.1 Å². The molecule has 30 heavy (non-hydrogen) atoms. The second-order valence-corrected chi connectivity index (χ2v) is 7.45. The number of hydrogen-bond acceptors (Lipinski definition) is 7. The molecular formula is C22H24N2O5S. The van der Waals surface area contributed by atoms with Crippen molar-refractivity contribution in [2.45, 2.75) is 19.8 Å². The molecule has 2 aromatic carbocycles. The highest BCUT2D eigenvalue weighted by molar-refractivity contribution is 7.18. The Hall–Kier alpha value is -3.13. The summed E-state index contributed by atoms with van der Waals surface area (Å²) in [6.45, 7) is 2.86. The van der Waals surface area contributed by atoms with Crippen LogP contribution in [0.2, 0.25) is 0 Å². The molecule has 0 bridgehead atoms. The summed E-state index contributed by atoms with van der Waals surface area (Å²) < 4.78 is 17.0. The van der Waals surface area contributed by atoms with E-state index >= 15 is 0 Å². The largest absolute Gasteiger partial charge is 0.494 e. The van der Waals surface area contributed by atoms with Gasteiger partial charge in [0.15, 0.2) is 6.61 Å². The third-order valence-electron chi connectivity index (χ3n) is 4.07. The van der Waals surface area contributed by atoms with E-state index in [4.69, 9.17) is 14.2 Å². The lowest BCUT2D eigenvalue weighted by Gasteiger charge is -2.09. The fourth-order valence-corrected chi connectivity index (χ4v) is 3.63. The van der Waals surface area contributed by atoms with Crippen molar-refractivity contribution in [2.75, 3.05) is 26.4 Å². The lowest BCUT2D eigenvalue weighted by molar-refractivity contribution is -0.148. The van der Waals surface area contributed by atoms with E-state index in [2.05, 4.69) is 10.3 Å². The highest BCUT2D eigenvalue weighted by atomic mass is 32.1.